The minimum absolute atomic E-state index is 0.00916. The van der Waals surface area contributed by atoms with Gasteiger partial charge in [-0.05, 0) is 62.1 Å². The lowest BCUT2D eigenvalue weighted by Gasteiger charge is -2.45. The van der Waals surface area contributed by atoms with Crippen molar-refractivity contribution in [1.29, 1.82) is 0 Å². The molecule has 5 nitrogen and oxygen atoms in total. The third-order valence-corrected chi connectivity index (χ3v) is 6.90. The zero-order chi connectivity index (χ0) is 22.7. The Bertz CT molecular complexity index is 1390. The van der Waals surface area contributed by atoms with Gasteiger partial charge in [-0.25, -0.2) is 8.78 Å². The maximum Gasteiger partial charge on any atom is 0.254 e. The number of hydrogen-bond acceptors (Lipinski definition) is 3. The SMILES string of the molecule is Cn1nc2c(c1-c1cc(F)cc(F)c1)C[C@@H]1CCC[C@H]2N1C(=O)c1ccc2ncccc2c1. The average molecular weight is 444 g/mol. The second-order valence-electron chi connectivity index (χ2n) is 8.92. The maximum atomic E-state index is 14.0. The van der Waals surface area contributed by atoms with Crippen molar-refractivity contribution in [2.24, 2.45) is 7.05 Å². The number of hydrogen-bond donors (Lipinski definition) is 0. The van der Waals surface area contributed by atoms with Crippen molar-refractivity contribution >= 4 is 16.8 Å². The van der Waals surface area contributed by atoms with Crippen LogP contribution in [-0.2, 0) is 13.5 Å². The summed E-state index contributed by atoms with van der Waals surface area (Å²) in [6, 6.07) is 12.9. The van der Waals surface area contributed by atoms with Gasteiger partial charge in [-0.2, -0.15) is 5.10 Å². The number of nitrogens with zero attached hydrogens (tertiary/aromatic N) is 4. The van der Waals surface area contributed by atoms with E-state index in [0.717, 1.165) is 53.2 Å². The van der Waals surface area contributed by atoms with Crippen LogP contribution in [0, 0.1) is 11.6 Å². The van der Waals surface area contributed by atoms with Gasteiger partial charge in [0.25, 0.3) is 5.91 Å². The van der Waals surface area contributed by atoms with Gasteiger partial charge in [-0.15, -0.1) is 0 Å². The molecule has 1 amide bonds. The number of piperidine rings is 1. The van der Waals surface area contributed by atoms with Gasteiger partial charge in [-0.1, -0.05) is 6.07 Å². The fraction of sp³-hybridized carbons (Fsp3) is 0.269. The van der Waals surface area contributed by atoms with E-state index in [1.165, 1.54) is 12.1 Å². The second-order valence-corrected chi connectivity index (χ2v) is 8.92. The van der Waals surface area contributed by atoms with Gasteiger partial charge in [0.2, 0.25) is 0 Å². The fourth-order valence-electron chi connectivity index (χ4n) is 5.56. The molecule has 0 saturated carbocycles. The summed E-state index contributed by atoms with van der Waals surface area (Å²) in [5.74, 6) is -1.23. The number of carbonyl (C=O) groups excluding carboxylic acids is 1. The Labute approximate surface area is 189 Å². The quantitative estimate of drug-likeness (QED) is 0.427. The highest BCUT2D eigenvalue weighted by atomic mass is 19.1. The molecule has 1 fully saturated rings. The van der Waals surface area contributed by atoms with Crippen LogP contribution in [0.1, 0.15) is 46.9 Å². The maximum absolute atomic E-state index is 14.0. The highest BCUT2D eigenvalue weighted by Crippen LogP contribution is 2.45. The zero-order valence-electron chi connectivity index (χ0n) is 18.1. The van der Waals surface area contributed by atoms with E-state index in [1.807, 2.05) is 35.2 Å². The summed E-state index contributed by atoms with van der Waals surface area (Å²) in [6.07, 6.45) is 5.08. The molecule has 2 atom stereocenters. The number of rotatable bonds is 2. The van der Waals surface area contributed by atoms with Crippen LogP contribution in [0.4, 0.5) is 8.78 Å². The highest BCUT2D eigenvalue weighted by molar-refractivity contribution is 5.98. The number of carbonyl (C=O) groups is 1. The van der Waals surface area contributed by atoms with Crippen LogP contribution in [0.15, 0.2) is 54.7 Å². The molecule has 1 saturated heterocycles. The molecule has 2 aromatic heterocycles. The normalized spacial score (nSPS) is 19.5. The Hall–Kier alpha value is -3.61. The first kappa shape index (κ1) is 20.0. The van der Waals surface area contributed by atoms with Crippen molar-refractivity contribution < 1.29 is 13.6 Å². The lowest BCUT2D eigenvalue weighted by Crippen LogP contribution is -2.49. The van der Waals surface area contributed by atoms with E-state index in [9.17, 15) is 13.6 Å². The number of fused-ring (bicyclic) bond motifs is 5. The number of pyridine rings is 1. The van der Waals surface area contributed by atoms with Crippen LogP contribution in [0.25, 0.3) is 22.2 Å². The Morgan fingerprint density at radius 3 is 2.70 bits per heavy atom. The van der Waals surface area contributed by atoms with Crippen LogP contribution >= 0.6 is 0 Å². The summed E-state index contributed by atoms with van der Waals surface area (Å²) < 4.78 is 29.6. The summed E-state index contributed by atoms with van der Waals surface area (Å²) in [5, 5.41) is 5.68. The van der Waals surface area contributed by atoms with E-state index in [-0.39, 0.29) is 18.0 Å². The topological polar surface area (TPSA) is 51.0 Å². The fourth-order valence-corrected chi connectivity index (χ4v) is 5.56. The molecule has 4 aromatic rings. The predicted octanol–water partition coefficient (Wildman–Crippen LogP) is 5.21. The van der Waals surface area contributed by atoms with Gasteiger partial charge in [0.15, 0.2) is 0 Å². The average Bonchev–Trinajstić information content (AvgIpc) is 3.13. The number of halogens is 2. The molecule has 2 aromatic carbocycles. The summed E-state index contributed by atoms with van der Waals surface area (Å²) in [4.78, 5) is 20.0. The summed E-state index contributed by atoms with van der Waals surface area (Å²) in [7, 11) is 1.79. The van der Waals surface area contributed by atoms with Gasteiger partial charge in [0.05, 0.1) is 22.9 Å². The molecule has 0 aliphatic carbocycles. The Kier molecular flexibility index (Phi) is 4.54. The van der Waals surface area contributed by atoms with E-state index in [4.69, 9.17) is 5.10 Å². The van der Waals surface area contributed by atoms with Gasteiger partial charge < -0.3 is 4.90 Å². The Morgan fingerprint density at radius 1 is 1.06 bits per heavy atom. The van der Waals surface area contributed by atoms with Crippen molar-refractivity contribution in [2.75, 3.05) is 0 Å². The zero-order valence-corrected chi connectivity index (χ0v) is 18.1. The second kappa shape index (κ2) is 7.47. The largest absolute Gasteiger partial charge is 0.327 e. The predicted molar refractivity (Wildman–Crippen MR) is 121 cm³/mol. The standard InChI is InChI=1S/C26H22F2N4O/c1-31-25(17-11-18(27)13-19(28)12-17)21-14-20-5-2-6-23(24(21)30-31)32(20)26(33)16-7-8-22-15(10-16)4-3-9-29-22/h3-4,7-13,20,23H,2,5-6,14H2,1H3/t20-,23+/m0/s1. The molecule has 2 aliphatic rings. The monoisotopic (exact) mass is 444 g/mol. The lowest BCUT2D eigenvalue weighted by atomic mass is 9.81. The van der Waals surface area contributed by atoms with Crippen molar-refractivity contribution in [1.82, 2.24) is 19.7 Å². The molecular weight excluding hydrogens is 422 g/mol. The molecule has 2 aliphatic heterocycles. The van der Waals surface area contributed by atoms with Crippen LogP contribution in [-0.4, -0.2) is 31.6 Å². The van der Waals surface area contributed by atoms with Crippen LogP contribution in [0.3, 0.4) is 0 Å². The summed E-state index contributed by atoms with van der Waals surface area (Å²) in [5.41, 5.74) is 4.52. The molecule has 6 rings (SSSR count). The molecule has 0 radical (unpaired) electrons. The van der Waals surface area contributed by atoms with E-state index in [0.29, 0.717) is 17.5 Å². The smallest absolute Gasteiger partial charge is 0.254 e. The molecular formula is C26H22F2N4O. The molecule has 2 bridgehead atoms. The van der Waals surface area contributed by atoms with E-state index in [2.05, 4.69) is 4.98 Å². The van der Waals surface area contributed by atoms with E-state index >= 15 is 0 Å². The molecule has 0 unspecified atom stereocenters. The van der Waals surface area contributed by atoms with Crippen LogP contribution in [0.5, 0.6) is 0 Å². The van der Waals surface area contributed by atoms with E-state index in [1.54, 1.807) is 17.9 Å². The van der Waals surface area contributed by atoms with Crippen molar-refractivity contribution in [2.45, 2.75) is 37.8 Å². The van der Waals surface area contributed by atoms with Crippen molar-refractivity contribution in [3.8, 4) is 11.3 Å². The first-order chi connectivity index (χ1) is 16.0. The molecule has 0 spiro atoms. The number of benzene rings is 2. The van der Waals surface area contributed by atoms with Crippen molar-refractivity contribution in [3.05, 3.63) is 83.2 Å². The first-order valence-corrected chi connectivity index (χ1v) is 11.2. The Morgan fingerprint density at radius 2 is 1.88 bits per heavy atom. The third-order valence-electron chi connectivity index (χ3n) is 6.90. The third kappa shape index (κ3) is 3.22. The number of aryl methyl sites for hydroxylation is 1. The molecule has 7 heteroatoms. The summed E-state index contributed by atoms with van der Waals surface area (Å²) in [6.45, 7) is 0. The minimum atomic E-state index is -0.612. The summed E-state index contributed by atoms with van der Waals surface area (Å²) >= 11 is 0. The minimum Gasteiger partial charge on any atom is -0.327 e. The molecule has 33 heavy (non-hydrogen) atoms. The van der Waals surface area contributed by atoms with Crippen LogP contribution < -0.4 is 0 Å². The van der Waals surface area contributed by atoms with Gasteiger partial charge in [0, 0.05) is 47.4 Å². The van der Waals surface area contributed by atoms with E-state index < -0.39 is 11.6 Å². The van der Waals surface area contributed by atoms with Gasteiger partial charge in [-0.3, -0.25) is 14.5 Å². The van der Waals surface area contributed by atoms with Crippen LogP contribution in [0.2, 0.25) is 0 Å². The molecule has 166 valence electrons. The molecule has 4 heterocycles. The highest BCUT2D eigenvalue weighted by Gasteiger charge is 2.43. The Balaban J connectivity index is 1.42. The first-order valence-electron chi connectivity index (χ1n) is 11.2. The molecule has 0 N–H and O–H groups in total. The van der Waals surface area contributed by atoms with Gasteiger partial charge in [0.1, 0.15) is 11.6 Å². The van der Waals surface area contributed by atoms with Crippen molar-refractivity contribution in [3.63, 3.8) is 0 Å². The number of aromatic nitrogens is 3. The van der Waals surface area contributed by atoms with Gasteiger partial charge >= 0.3 is 0 Å². The number of amides is 1. The lowest BCUT2D eigenvalue weighted by molar-refractivity contribution is 0.0392.